The van der Waals surface area contributed by atoms with Gasteiger partial charge in [-0.2, -0.15) is 5.26 Å². The van der Waals surface area contributed by atoms with E-state index in [2.05, 4.69) is 19.1 Å². The first kappa shape index (κ1) is 11.8. The van der Waals surface area contributed by atoms with Crippen molar-refractivity contribution in [3.8, 4) is 6.07 Å². The van der Waals surface area contributed by atoms with Crippen LogP contribution in [0.5, 0.6) is 0 Å². The fourth-order valence-corrected chi connectivity index (χ4v) is 1.74. The zero-order chi connectivity index (χ0) is 11.3. The minimum atomic E-state index is -0.00702. The van der Waals surface area contributed by atoms with Crippen LogP contribution in [-0.2, 0) is 4.74 Å². The van der Waals surface area contributed by atoms with E-state index in [0.717, 1.165) is 25.0 Å². The molecule has 2 heteroatoms. The van der Waals surface area contributed by atoms with Crippen molar-refractivity contribution in [3.05, 3.63) is 24.0 Å². The highest BCUT2D eigenvalue weighted by molar-refractivity contribution is 5.15. The van der Waals surface area contributed by atoms with E-state index < -0.39 is 0 Å². The number of methoxy groups -OCH3 is 1. The van der Waals surface area contributed by atoms with Crippen molar-refractivity contribution in [2.75, 3.05) is 7.11 Å². The highest BCUT2D eigenvalue weighted by Gasteiger charge is 2.43. The molecule has 1 rings (SSSR count). The zero-order valence-electron chi connectivity index (χ0n) is 9.79. The van der Waals surface area contributed by atoms with E-state index in [1.54, 1.807) is 7.11 Å². The maximum atomic E-state index is 8.97. The quantitative estimate of drug-likeness (QED) is 0.509. The van der Waals surface area contributed by atoms with Gasteiger partial charge in [-0.15, -0.1) is 0 Å². The van der Waals surface area contributed by atoms with E-state index in [4.69, 9.17) is 10.00 Å². The molecule has 0 aromatic heterocycles. The number of hydrogen-bond acceptors (Lipinski definition) is 2. The van der Waals surface area contributed by atoms with Crippen LogP contribution in [-0.4, -0.2) is 7.11 Å². The Bertz CT molecular complexity index is 305. The van der Waals surface area contributed by atoms with Crippen LogP contribution in [0.4, 0.5) is 0 Å². The van der Waals surface area contributed by atoms with Gasteiger partial charge in [0.2, 0.25) is 0 Å². The Morgan fingerprint density at radius 3 is 2.67 bits per heavy atom. The third-order valence-corrected chi connectivity index (χ3v) is 2.91. The first-order valence-corrected chi connectivity index (χ1v) is 5.45. The van der Waals surface area contributed by atoms with Crippen LogP contribution in [0.2, 0.25) is 0 Å². The lowest BCUT2D eigenvalue weighted by Gasteiger charge is -2.09. The third kappa shape index (κ3) is 3.43. The summed E-state index contributed by atoms with van der Waals surface area (Å²) in [6.45, 7) is 4.10. The summed E-state index contributed by atoms with van der Waals surface area (Å²) in [5.74, 6) is 1.32. The lowest BCUT2D eigenvalue weighted by molar-refractivity contribution is 0.305. The molecule has 0 amide bonds. The number of rotatable bonds is 5. The number of nitrogens with zero attached hydrogens (tertiary/aromatic N) is 1. The van der Waals surface area contributed by atoms with E-state index in [1.165, 1.54) is 0 Å². The molecule has 0 heterocycles. The number of nitriles is 1. The summed E-state index contributed by atoms with van der Waals surface area (Å²) in [5, 5.41) is 8.97. The second-order valence-corrected chi connectivity index (χ2v) is 4.33. The molecule has 0 aliphatic heterocycles. The zero-order valence-corrected chi connectivity index (χ0v) is 9.79. The van der Waals surface area contributed by atoms with Gasteiger partial charge in [0.25, 0.3) is 0 Å². The minimum absolute atomic E-state index is 0.00702. The molecule has 1 aliphatic rings. The molecule has 1 aliphatic carbocycles. The van der Waals surface area contributed by atoms with Gasteiger partial charge < -0.3 is 4.74 Å². The molecule has 1 saturated carbocycles. The lowest BCUT2D eigenvalue weighted by Crippen LogP contribution is -2.02. The summed E-state index contributed by atoms with van der Waals surface area (Å²) < 4.78 is 5.13. The summed E-state index contributed by atoms with van der Waals surface area (Å²) in [6.07, 6.45) is 9.15. The van der Waals surface area contributed by atoms with Crippen molar-refractivity contribution in [1.82, 2.24) is 0 Å². The van der Waals surface area contributed by atoms with Gasteiger partial charge in [0.05, 0.1) is 18.6 Å². The molecular formula is C13H19NO. The molecule has 0 radical (unpaired) electrons. The lowest BCUT2D eigenvalue weighted by atomic mass is 9.94. The van der Waals surface area contributed by atoms with Gasteiger partial charge in [0, 0.05) is 0 Å². The maximum Gasteiger partial charge on any atom is 0.114 e. The first-order chi connectivity index (χ1) is 7.15. The van der Waals surface area contributed by atoms with E-state index >= 15 is 0 Å². The fourth-order valence-electron chi connectivity index (χ4n) is 1.74. The van der Waals surface area contributed by atoms with Crippen LogP contribution >= 0.6 is 0 Å². The van der Waals surface area contributed by atoms with Crippen molar-refractivity contribution in [2.24, 2.45) is 11.3 Å². The molecule has 0 N–H and O–H groups in total. The van der Waals surface area contributed by atoms with Crippen LogP contribution in [0.15, 0.2) is 24.0 Å². The number of allylic oxidation sites excluding steroid dienone is 3. The molecule has 1 unspecified atom stereocenters. The summed E-state index contributed by atoms with van der Waals surface area (Å²) in [5.41, 5.74) is -0.00702. The predicted molar refractivity (Wildman–Crippen MR) is 61.0 cm³/mol. The average Bonchev–Trinajstić information content (AvgIpc) is 3.00. The van der Waals surface area contributed by atoms with Gasteiger partial charge >= 0.3 is 0 Å². The van der Waals surface area contributed by atoms with Gasteiger partial charge in [-0.3, -0.25) is 0 Å². The van der Waals surface area contributed by atoms with Crippen LogP contribution in [0.1, 0.15) is 33.1 Å². The molecule has 0 saturated heterocycles. The van der Waals surface area contributed by atoms with Crippen molar-refractivity contribution in [3.63, 3.8) is 0 Å². The number of ether oxygens (including phenoxy) is 1. The van der Waals surface area contributed by atoms with Gasteiger partial charge in [-0.25, -0.2) is 0 Å². The van der Waals surface area contributed by atoms with Gasteiger partial charge in [0.15, 0.2) is 0 Å². The standard InChI is InChI=1S/C13H19NO/c1-4-12(15-3)6-5-11(2)9-13(10-14)7-8-13/h4-6,11H,7-9H2,1-3H3/b6-5-,12-4+. The average molecular weight is 205 g/mol. The Hall–Kier alpha value is -1.23. The van der Waals surface area contributed by atoms with Gasteiger partial charge in [-0.1, -0.05) is 13.0 Å². The molecule has 2 nitrogen and oxygen atoms in total. The van der Waals surface area contributed by atoms with Gasteiger partial charge in [0.1, 0.15) is 5.76 Å². The molecule has 0 spiro atoms. The monoisotopic (exact) mass is 205 g/mol. The fraction of sp³-hybridized carbons (Fsp3) is 0.615. The molecule has 0 bridgehead atoms. The second-order valence-electron chi connectivity index (χ2n) is 4.33. The Morgan fingerprint density at radius 1 is 1.60 bits per heavy atom. The Morgan fingerprint density at radius 2 is 2.27 bits per heavy atom. The van der Waals surface area contributed by atoms with E-state index in [0.29, 0.717) is 5.92 Å². The SMILES string of the molecule is C/C=C(\C=C/C(C)CC1(C#N)CC1)OC. The smallest absolute Gasteiger partial charge is 0.114 e. The molecule has 1 fully saturated rings. The molecule has 0 aromatic carbocycles. The number of hydrogen-bond donors (Lipinski definition) is 0. The molecule has 82 valence electrons. The van der Waals surface area contributed by atoms with Crippen LogP contribution in [0, 0.1) is 22.7 Å². The van der Waals surface area contributed by atoms with Crippen molar-refractivity contribution >= 4 is 0 Å². The maximum absolute atomic E-state index is 8.97. The van der Waals surface area contributed by atoms with Crippen molar-refractivity contribution in [1.29, 1.82) is 5.26 Å². The third-order valence-electron chi connectivity index (χ3n) is 2.91. The summed E-state index contributed by atoms with van der Waals surface area (Å²) in [6, 6.07) is 2.42. The molecule has 1 atom stereocenters. The van der Waals surface area contributed by atoms with Gasteiger partial charge in [-0.05, 0) is 44.3 Å². The molecular weight excluding hydrogens is 186 g/mol. The predicted octanol–water partition coefficient (Wildman–Crippen LogP) is 3.42. The normalized spacial score (nSPS) is 21.1. The largest absolute Gasteiger partial charge is 0.497 e. The van der Waals surface area contributed by atoms with Crippen molar-refractivity contribution in [2.45, 2.75) is 33.1 Å². The van der Waals surface area contributed by atoms with E-state index in [1.807, 2.05) is 19.1 Å². The Kier molecular flexibility index (Phi) is 3.96. The molecule has 15 heavy (non-hydrogen) atoms. The van der Waals surface area contributed by atoms with Crippen LogP contribution < -0.4 is 0 Å². The summed E-state index contributed by atoms with van der Waals surface area (Å²) >= 11 is 0. The minimum Gasteiger partial charge on any atom is -0.497 e. The molecule has 0 aromatic rings. The topological polar surface area (TPSA) is 33.0 Å². The van der Waals surface area contributed by atoms with Crippen LogP contribution in [0.3, 0.4) is 0 Å². The van der Waals surface area contributed by atoms with Crippen LogP contribution in [0.25, 0.3) is 0 Å². The second kappa shape index (κ2) is 5.02. The van der Waals surface area contributed by atoms with Crippen molar-refractivity contribution < 1.29 is 4.74 Å². The Labute approximate surface area is 92.2 Å². The highest BCUT2D eigenvalue weighted by atomic mass is 16.5. The summed E-state index contributed by atoms with van der Waals surface area (Å²) in [4.78, 5) is 0. The highest BCUT2D eigenvalue weighted by Crippen LogP contribution is 2.50. The Balaban J connectivity index is 2.43. The summed E-state index contributed by atoms with van der Waals surface area (Å²) in [7, 11) is 1.67. The van der Waals surface area contributed by atoms with E-state index in [9.17, 15) is 0 Å². The first-order valence-electron chi connectivity index (χ1n) is 5.45. The van der Waals surface area contributed by atoms with E-state index in [-0.39, 0.29) is 5.41 Å².